The number of nitro groups is 1. The van der Waals surface area contributed by atoms with Crippen LogP contribution in [0.15, 0.2) is 12.1 Å². The molecule has 0 fully saturated rings. The molecule has 0 aliphatic rings. The van der Waals surface area contributed by atoms with Gasteiger partial charge in [0.2, 0.25) is 5.82 Å². The fourth-order valence-electron chi connectivity index (χ4n) is 0.963. The molecule has 0 heterocycles. The molecule has 0 aliphatic carbocycles. The smallest absolute Gasteiger partial charge is 0.293 e. The van der Waals surface area contributed by atoms with Gasteiger partial charge < -0.3 is 0 Å². The second-order valence-corrected chi connectivity index (χ2v) is 3.57. The Hall–Kier alpha value is -1.01. The summed E-state index contributed by atoms with van der Waals surface area (Å²) < 4.78 is 13.0. The van der Waals surface area contributed by atoms with Gasteiger partial charge in [-0.3, -0.25) is 14.9 Å². The Morgan fingerprint density at radius 2 is 2.20 bits per heavy atom. The van der Waals surface area contributed by atoms with Gasteiger partial charge in [0.25, 0.3) is 0 Å². The number of Topliss-reactive ketones (excluding diaryl/α,β-unsaturated/α-hetero) is 1. The molecular formula is C8H4BrClFNO3. The van der Waals surface area contributed by atoms with Gasteiger partial charge in [0.1, 0.15) is 0 Å². The molecule has 0 N–H and O–H groups in total. The average molecular weight is 296 g/mol. The Bertz CT molecular complexity index is 438. The molecule has 4 nitrogen and oxygen atoms in total. The largest absolute Gasteiger partial charge is 0.305 e. The Kier molecular flexibility index (Phi) is 3.76. The zero-order valence-corrected chi connectivity index (χ0v) is 9.51. The second kappa shape index (κ2) is 4.67. The number of halogens is 3. The Morgan fingerprint density at radius 3 is 2.67 bits per heavy atom. The molecule has 0 amide bonds. The lowest BCUT2D eigenvalue weighted by atomic mass is 10.1. The highest BCUT2D eigenvalue weighted by molar-refractivity contribution is 9.09. The molecule has 0 aromatic heterocycles. The molecule has 7 heteroatoms. The minimum Gasteiger partial charge on any atom is -0.293 e. The van der Waals surface area contributed by atoms with Crippen LogP contribution >= 0.6 is 27.5 Å². The van der Waals surface area contributed by atoms with Crippen LogP contribution in [-0.2, 0) is 0 Å². The molecule has 0 atom stereocenters. The normalized spacial score (nSPS) is 10.1. The summed E-state index contributed by atoms with van der Waals surface area (Å²) >= 11 is 8.47. The van der Waals surface area contributed by atoms with Crippen LogP contribution < -0.4 is 0 Å². The molecule has 0 spiro atoms. The number of hydrogen-bond donors (Lipinski definition) is 0. The van der Waals surface area contributed by atoms with Crippen molar-refractivity contribution >= 4 is 39.0 Å². The first-order valence-corrected chi connectivity index (χ1v) is 5.20. The van der Waals surface area contributed by atoms with Crippen LogP contribution in [-0.4, -0.2) is 16.0 Å². The molecule has 0 radical (unpaired) electrons. The second-order valence-electron chi connectivity index (χ2n) is 2.60. The number of benzene rings is 1. The van der Waals surface area contributed by atoms with Crippen LogP contribution in [0.4, 0.5) is 10.1 Å². The number of hydrogen-bond acceptors (Lipinski definition) is 3. The van der Waals surface area contributed by atoms with Gasteiger partial charge in [0.15, 0.2) is 5.78 Å². The zero-order chi connectivity index (χ0) is 11.6. The topological polar surface area (TPSA) is 60.2 Å². The van der Waals surface area contributed by atoms with Crippen molar-refractivity contribution in [1.82, 2.24) is 0 Å². The first-order chi connectivity index (χ1) is 6.97. The predicted octanol–water partition coefficient (Wildman–Crippen LogP) is 2.96. The first kappa shape index (κ1) is 12.1. The molecule has 0 aliphatic heterocycles. The SMILES string of the molecule is O=C(CBr)c1cc([N+](=O)[O-])c(F)cc1Cl. The average Bonchev–Trinajstić information content (AvgIpc) is 2.16. The minimum absolute atomic E-state index is 0.0322. The maximum atomic E-state index is 13.0. The fraction of sp³-hybridized carbons (Fsp3) is 0.125. The number of nitro benzene ring substituents is 1. The van der Waals surface area contributed by atoms with E-state index in [0.29, 0.717) is 0 Å². The summed E-state index contributed by atoms with van der Waals surface area (Å²) in [4.78, 5) is 20.7. The van der Waals surface area contributed by atoms with Crippen molar-refractivity contribution in [1.29, 1.82) is 0 Å². The van der Waals surface area contributed by atoms with E-state index in [4.69, 9.17) is 11.6 Å². The van der Waals surface area contributed by atoms with E-state index in [1.54, 1.807) is 0 Å². The summed E-state index contributed by atoms with van der Waals surface area (Å²) in [6.45, 7) is 0. The lowest BCUT2D eigenvalue weighted by Gasteiger charge is -2.01. The van der Waals surface area contributed by atoms with Gasteiger partial charge in [-0.2, -0.15) is 4.39 Å². The third-order valence-corrected chi connectivity index (χ3v) is 2.48. The van der Waals surface area contributed by atoms with Crippen LogP contribution in [0.25, 0.3) is 0 Å². The third-order valence-electron chi connectivity index (χ3n) is 1.65. The molecule has 0 unspecified atom stereocenters. The van der Waals surface area contributed by atoms with Gasteiger partial charge in [-0.05, 0) is 0 Å². The van der Waals surface area contributed by atoms with E-state index in [9.17, 15) is 19.3 Å². The van der Waals surface area contributed by atoms with Gasteiger partial charge >= 0.3 is 5.69 Å². The number of nitrogens with zero attached hydrogens (tertiary/aromatic N) is 1. The van der Waals surface area contributed by atoms with Crippen LogP contribution in [0.3, 0.4) is 0 Å². The van der Waals surface area contributed by atoms with Crippen LogP contribution in [0.1, 0.15) is 10.4 Å². The van der Waals surface area contributed by atoms with Crippen LogP contribution in [0, 0.1) is 15.9 Å². The predicted molar refractivity (Wildman–Crippen MR) is 56.2 cm³/mol. The number of carbonyl (C=O) groups excluding carboxylic acids is 1. The van der Waals surface area contributed by atoms with Crippen molar-refractivity contribution < 1.29 is 14.1 Å². The van der Waals surface area contributed by atoms with E-state index < -0.39 is 22.2 Å². The van der Waals surface area contributed by atoms with E-state index in [-0.39, 0.29) is 15.9 Å². The van der Waals surface area contributed by atoms with Crippen molar-refractivity contribution in [2.45, 2.75) is 0 Å². The third kappa shape index (κ3) is 2.51. The van der Waals surface area contributed by atoms with Gasteiger partial charge in [-0.25, -0.2) is 0 Å². The fourth-order valence-corrected chi connectivity index (χ4v) is 1.52. The summed E-state index contributed by atoms with van der Waals surface area (Å²) in [6.07, 6.45) is 0. The quantitative estimate of drug-likeness (QED) is 0.373. The van der Waals surface area contributed by atoms with Crippen molar-refractivity contribution in [3.63, 3.8) is 0 Å². The van der Waals surface area contributed by atoms with E-state index in [1.807, 2.05) is 0 Å². The molecule has 0 bridgehead atoms. The van der Waals surface area contributed by atoms with E-state index in [0.717, 1.165) is 12.1 Å². The van der Waals surface area contributed by atoms with Crippen LogP contribution in [0.2, 0.25) is 5.02 Å². The van der Waals surface area contributed by atoms with Gasteiger partial charge in [-0.15, -0.1) is 0 Å². The maximum Gasteiger partial charge on any atom is 0.305 e. The Labute approximate surface area is 97.3 Å². The van der Waals surface area contributed by atoms with Crippen molar-refractivity contribution in [2.75, 3.05) is 5.33 Å². The summed E-state index contributed by atoms with van der Waals surface area (Å²) in [7, 11) is 0. The maximum absolute atomic E-state index is 13.0. The number of rotatable bonds is 3. The van der Waals surface area contributed by atoms with Gasteiger partial charge in [0, 0.05) is 17.7 Å². The summed E-state index contributed by atoms with van der Waals surface area (Å²) in [6, 6.07) is 1.59. The molecule has 1 aromatic rings. The van der Waals surface area contributed by atoms with E-state index in [1.165, 1.54) is 0 Å². The lowest BCUT2D eigenvalue weighted by molar-refractivity contribution is -0.387. The number of alkyl halides is 1. The summed E-state index contributed by atoms with van der Waals surface area (Å²) in [5, 5.41) is 10.2. The van der Waals surface area contributed by atoms with Crippen molar-refractivity contribution in [3.05, 3.63) is 38.7 Å². The molecule has 1 aromatic carbocycles. The van der Waals surface area contributed by atoms with Crippen molar-refractivity contribution in [2.24, 2.45) is 0 Å². The van der Waals surface area contributed by atoms with Gasteiger partial charge in [-0.1, -0.05) is 27.5 Å². The van der Waals surface area contributed by atoms with Crippen LogP contribution in [0.5, 0.6) is 0 Å². The number of ketones is 1. The molecule has 0 saturated carbocycles. The molecular weight excluding hydrogens is 292 g/mol. The minimum atomic E-state index is -1.06. The standard InChI is InChI=1S/C8H4BrClFNO3/c9-3-8(13)4-1-7(12(14)15)6(11)2-5(4)10/h1-2H,3H2. The molecule has 0 saturated heterocycles. The molecule has 15 heavy (non-hydrogen) atoms. The number of carbonyl (C=O) groups is 1. The summed E-state index contributed by atoms with van der Waals surface area (Å²) in [5.41, 5.74) is -0.828. The van der Waals surface area contributed by atoms with E-state index in [2.05, 4.69) is 15.9 Å². The van der Waals surface area contributed by atoms with Gasteiger partial charge in [0.05, 0.1) is 15.3 Å². The molecule has 80 valence electrons. The highest BCUT2D eigenvalue weighted by Gasteiger charge is 2.20. The zero-order valence-electron chi connectivity index (χ0n) is 7.17. The highest BCUT2D eigenvalue weighted by Crippen LogP contribution is 2.26. The monoisotopic (exact) mass is 295 g/mol. The lowest BCUT2D eigenvalue weighted by Crippen LogP contribution is -2.03. The first-order valence-electron chi connectivity index (χ1n) is 3.70. The molecule has 1 rings (SSSR count). The van der Waals surface area contributed by atoms with Crippen molar-refractivity contribution in [3.8, 4) is 0 Å². The summed E-state index contributed by atoms with van der Waals surface area (Å²) in [5.74, 6) is -1.50. The Morgan fingerprint density at radius 1 is 1.60 bits per heavy atom. The highest BCUT2D eigenvalue weighted by atomic mass is 79.9. The Balaban J connectivity index is 3.36. The van der Waals surface area contributed by atoms with E-state index >= 15 is 0 Å².